The first-order valence-corrected chi connectivity index (χ1v) is 6.35. The van der Waals surface area contributed by atoms with Gasteiger partial charge in [0.05, 0.1) is 19.3 Å². The van der Waals surface area contributed by atoms with Crippen molar-refractivity contribution in [2.75, 3.05) is 19.8 Å². The molecule has 0 aromatic heterocycles. The third kappa shape index (κ3) is 6.25. The summed E-state index contributed by atoms with van der Waals surface area (Å²) in [6, 6.07) is 5.43. The predicted octanol–water partition coefficient (Wildman–Crippen LogP) is 3.40. The molecule has 1 aromatic rings. The summed E-state index contributed by atoms with van der Waals surface area (Å²) in [4.78, 5) is 0. The number of hydrogen-bond donors (Lipinski definition) is 1. The molecule has 0 spiro atoms. The first-order valence-electron chi connectivity index (χ1n) is 6.35. The Hall–Kier alpha value is -1.27. The van der Waals surface area contributed by atoms with Gasteiger partial charge in [0.1, 0.15) is 12.4 Å². The second-order valence-electron chi connectivity index (χ2n) is 4.59. The molecule has 0 aliphatic rings. The maximum Gasteiger partial charge on any atom is 0.411 e. The van der Waals surface area contributed by atoms with E-state index in [1.807, 2.05) is 13.0 Å². The van der Waals surface area contributed by atoms with Gasteiger partial charge >= 0.3 is 6.18 Å². The minimum Gasteiger partial charge on any atom is -0.493 e. The maximum absolute atomic E-state index is 11.8. The van der Waals surface area contributed by atoms with E-state index < -0.39 is 18.9 Å². The number of aliphatic hydroxyl groups is 1. The van der Waals surface area contributed by atoms with Crippen molar-refractivity contribution in [3.63, 3.8) is 0 Å². The Kier molecular flexibility index (Phi) is 6.29. The zero-order valence-electron chi connectivity index (χ0n) is 11.5. The van der Waals surface area contributed by atoms with E-state index in [2.05, 4.69) is 4.74 Å². The Morgan fingerprint density at radius 3 is 2.55 bits per heavy atom. The molecule has 0 radical (unpaired) electrons. The van der Waals surface area contributed by atoms with E-state index in [9.17, 15) is 18.3 Å². The lowest BCUT2D eigenvalue weighted by Gasteiger charge is -2.14. The standard InChI is InChI=1S/C14H19F3O3/c1-10-4-5-12(11(2)18)13(8-10)20-7-3-6-19-9-14(15,16)17/h4-5,8,11,18H,3,6-7,9H2,1-2H3. The topological polar surface area (TPSA) is 38.7 Å². The van der Waals surface area contributed by atoms with Crippen molar-refractivity contribution in [3.8, 4) is 5.75 Å². The maximum atomic E-state index is 11.8. The molecule has 1 aromatic carbocycles. The van der Waals surface area contributed by atoms with Crippen LogP contribution >= 0.6 is 0 Å². The van der Waals surface area contributed by atoms with Crippen LogP contribution in [0.25, 0.3) is 0 Å². The monoisotopic (exact) mass is 292 g/mol. The van der Waals surface area contributed by atoms with Crippen molar-refractivity contribution in [1.82, 2.24) is 0 Å². The average molecular weight is 292 g/mol. The van der Waals surface area contributed by atoms with Gasteiger partial charge in [-0.15, -0.1) is 0 Å². The van der Waals surface area contributed by atoms with E-state index in [0.717, 1.165) is 5.56 Å². The lowest BCUT2D eigenvalue weighted by molar-refractivity contribution is -0.174. The fraction of sp³-hybridized carbons (Fsp3) is 0.571. The molecule has 0 aliphatic heterocycles. The molecule has 0 saturated heterocycles. The van der Waals surface area contributed by atoms with Crippen LogP contribution in [0.5, 0.6) is 5.75 Å². The summed E-state index contributed by atoms with van der Waals surface area (Å²) in [5, 5.41) is 9.60. The molecule has 0 saturated carbocycles. The largest absolute Gasteiger partial charge is 0.493 e. The van der Waals surface area contributed by atoms with E-state index in [0.29, 0.717) is 17.7 Å². The Bertz CT molecular complexity index is 417. The third-order valence-electron chi connectivity index (χ3n) is 2.58. The average Bonchev–Trinajstić information content (AvgIpc) is 2.32. The zero-order valence-corrected chi connectivity index (χ0v) is 11.5. The summed E-state index contributed by atoms with van der Waals surface area (Å²) in [6.07, 6.45) is -4.60. The molecule has 1 unspecified atom stereocenters. The highest BCUT2D eigenvalue weighted by atomic mass is 19.4. The molecule has 20 heavy (non-hydrogen) atoms. The van der Waals surface area contributed by atoms with Gasteiger partial charge in [0, 0.05) is 12.0 Å². The van der Waals surface area contributed by atoms with Crippen molar-refractivity contribution in [1.29, 1.82) is 0 Å². The number of aliphatic hydroxyl groups excluding tert-OH is 1. The molecule has 1 atom stereocenters. The fourth-order valence-electron chi connectivity index (χ4n) is 1.64. The Balaban J connectivity index is 2.37. The van der Waals surface area contributed by atoms with Crippen molar-refractivity contribution >= 4 is 0 Å². The van der Waals surface area contributed by atoms with Crippen LogP contribution in [0.15, 0.2) is 18.2 Å². The van der Waals surface area contributed by atoms with Gasteiger partial charge < -0.3 is 14.6 Å². The van der Waals surface area contributed by atoms with Crippen molar-refractivity contribution in [3.05, 3.63) is 29.3 Å². The molecule has 1 rings (SSSR count). The van der Waals surface area contributed by atoms with Gasteiger partial charge in [0.15, 0.2) is 0 Å². The number of hydrogen-bond acceptors (Lipinski definition) is 3. The molecule has 0 fully saturated rings. The summed E-state index contributed by atoms with van der Waals surface area (Å²) in [5.74, 6) is 0.552. The highest BCUT2D eigenvalue weighted by Gasteiger charge is 2.27. The van der Waals surface area contributed by atoms with E-state index in [1.165, 1.54) is 0 Å². The first kappa shape index (κ1) is 16.8. The number of halogens is 3. The Morgan fingerprint density at radius 2 is 1.95 bits per heavy atom. The van der Waals surface area contributed by atoms with Crippen molar-refractivity contribution < 1.29 is 27.8 Å². The summed E-state index contributed by atoms with van der Waals surface area (Å²) in [7, 11) is 0. The Morgan fingerprint density at radius 1 is 1.25 bits per heavy atom. The van der Waals surface area contributed by atoms with Crippen LogP contribution in [0, 0.1) is 6.92 Å². The third-order valence-corrected chi connectivity index (χ3v) is 2.58. The molecular formula is C14H19F3O3. The second kappa shape index (κ2) is 7.50. The molecule has 0 bridgehead atoms. The minimum absolute atomic E-state index is 0.0185. The molecule has 3 nitrogen and oxygen atoms in total. The number of aryl methyl sites for hydroxylation is 1. The quantitative estimate of drug-likeness (QED) is 0.783. The van der Waals surface area contributed by atoms with Crippen LogP contribution in [0.3, 0.4) is 0 Å². The van der Waals surface area contributed by atoms with Gasteiger partial charge in [-0.05, 0) is 25.5 Å². The molecule has 0 heterocycles. The molecule has 0 amide bonds. The van der Waals surface area contributed by atoms with Gasteiger partial charge in [-0.2, -0.15) is 13.2 Å². The molecular weight excluding hydrogens is 273 g/mol. The molecule has 6 heteroatoms. The van der Waals surface area contributed by atoms with Crippen LogP contribution in [0.4, 0.5) is 13.2 Å². The highest BCUT2D eigenvalue weighted by molar-refractivity contribution is 5.38. The summed E-state index contributed by atoms with van der Waals surface area (Å²) in [6.45, 7) is 2.50. The van der Waals surface area contributed by atoms with Gasteiger partial charge in [0.2, 0.25) is 0 Å². The zero-order chi connectivity index (χ0) is 15.2. The van der Waals surface area contributed by atoms with Gasteiger partial charge in [-0.1, -0.05) is 12.1 Å². The number of benzene rings is 1. The normalized spacial score (nSPS) is 13.3. The SMILES string of the molecule is Cc1ccc(C(C)O)c(OCCCOCC(F)(F)F)c1. The fourth-order valence-corrected chi connectivity index (χ4v) is 1.64. The number of rotatable bonds is 7. The van der Waals surface area contributed by atoms with Gasteiger partial charge in [-0.25, -0.2) is 0 Å². The lowest BCUT2D eigenvalue weighted by atomic mass is 10.1. The van der Waals surface area contributed by atoms with E-state index in [-0.39, 0.29) is 13.2 Å². The Labute approximate surface area is 116 Å². The van der Waals surface area contributed by atoms with Crippen LogP contribution in [-0.2, 0) is 4.74 Å². The van der Waals surface area contributed by atoms with Gasteiger partial charge in [0.25, 0.3) is 0 Å². The van der Waals surface area contributed by atoms with Gasteiger partial charge in [-0.3, -0.25) is 0 Å². The second-order valence-corrected chi connectivity index (χ2v) is 4.59. The summed E-state index contributed by atoms with van der Waals surface area (Å²) >= 11 is 0. The smallest absolute Gasteiger partial charge is 0.411 e. The molecule has 1 N–H and O–H groups in total. The minimum atomic E-state index is -4.29. The van der Waals surface area contributed by atoms with Crippen molar-refractivity contribution in [2.45, 2.75) is 32.5 Å². The van der Waals surface area contributed by atoms with Crippen molar-refractivity contribution in [2.24, 2.45) is 0 Å². The van der Waals surface area contributed by atoms with E-state index in [1.54, 1.807) is 19.1 Å². The number of alkyl halides is 3. The summed E-state index contributed by atoms with van der Waals surface area (Å²) < 4.78 is 45.5. The summed E-state index contributed by atoms with van der Waals surface area (Å²) in [5.41, 5.74) is 1.64. The van der Waals surface area contributed by atoms with Crippen LogP contribution in [-0.4, -0.2) is 31.1 Å². The number of ether oxygens (including phenoxy) is 2. The lowest BCUT2D eigenvalue weighted by Crippen LogP contribution is -2.18. The van der Waals surface area contributed by atoms with Crippen LogP contribution in [0.2, 0.25) is 0 Å². The highest BCUT2D eigenvalue weighted by Crippen LogP contribution is 2.26. The molecule has 0 aliphatic carbocycles. The predicted molar refractivity (Wildman–Crippen MR) is 68.8 cm³/mol. The first-order chi connectivity index (χ1) is 9.29. The molecule has 114 valence electrons. The van der Waals surface area contributed by atoms with Crippen LogP contribution in [0.1, 0.15) is 30.6 Å². The van der Waals surface area contributed by atoms with E-state index in [4.69, 9.17) is 4.74 Å². The van der Waals surface area contributed by atoms with E-state index >= 15 is 0 Å². The van der Waals surface area contributed by atoms with Crippen LogP contribution < -0.4 is 4.74 Å².